The summed E-state index contributed by atoms with van der Waals surface area (Å²) in [5, 5.41) is 16.5. The zero-order chi connectivity index (χ0) is 23.5. The molecule has 2 aromatic carbocycles. The minimum Gasteiger partial charge on any atom is -0.548 e. The van der Waals surface area contributed by atoms with Gasteiger partial charge in [-0.25, -0.2) is 0 Å². The molecular formula is C24H27N2O5S-. The highest BCUT2D eigenvalue weighted by atomic mass is 32.2. The van der Waals surface area contributed by atoms with Crippen LogP contribution in [0.2, 0.25) is 0 Å². The minimum absolute atomic E-state index is 0.0192. The fourth-order valence-electron chi connectivity index (χ4n) is 2.74. The largest absolute Gasteiger partial charge is 0.548 e. The smallest absolute Gasteiger partial charge is 0.268 e. The fourth-order valence-corrected chi connectivity index (χ4v) is 3.22. The highest BCUT2D eigenvalue weighted by Crippen LogP contribution is 2.16. The van der Waals surface area contributed by atoms with Crippen LogP contribution in [0.25, 0.3) is 6.08 Å². The van der Waals surface area contributed by atoms with Crippen molar-refractivity contribution in [3.63, 3.8) is 0 Å². The molecule has 170 valence electrons. The minimum atomic E-state index is -1.38. The van der Waals surface area contributed by atoms with Crippen LogP contribution >= 0.6 is 11.8 Å². The lowest BCUT2D eigenvalue weighted by Gasteiger charge is -2.20. The molecular weight excluding hydrogens is 428 g/mol. The average molecular weight is 456 g/mol. The van der Waals surface area contributed by atoms with E-state index in [9.17, 15) is 19.5 Å². The maximum atomic E-state index is 12.9. The van der Waals surface area contributed by atoms with E-state index in [1.807, 2.05) is 20.1 Å². The van der Waals surface area contributed by atoms with Crippen LogP contribution in [0, 0.1) is 0 Å². The molecule has 0 aliphatic rings. The number of benzene rings is 2. The maximum Gasteiger partial charge on any atom is 0.268 e. The van der Waals surface area contributed by atoms with Crippen molar-refractivity contribution in [2.45, 2.75) is 32.4 Å². The number of carbonyl (C=O) groups excluding carboxylic acids is 3. The molecule has 0 saturated carbocycles. The first-order chi connectivity index (χ1) is 15.3. The van der Waals surface area contributed by atoms with Crippen molar-refractivity contribution in [3.8, 4) is 5.75 Å². The zero-order valence-corrected chi connectivity index (χ0v) is 19.1. The number of nitrogens with one attached hydrogen (secondary N) is 2. The summed E-state index contributed by atoms with van der Waals surface area (Å²) < 4.78 is 5.62. The van der Waals surface area contributed by atoms with E-state index >= 15 is 0 Å². The van der Waals surface area contributed by atoms with Gasteiger partial charge in [-0.05, 0) is 68.2 Å². The second-order valence-electron chi connectivity index (χ2n) is 7.24. The molecule has 2 N–H and O–H groups in total. The third kappa shape index (κ3) is 8.11. The summed E-state index contributed by atoms with van der Waals surface area (Å²) in [5.74, 6) is -1.37. The molecule has 2 amide bonds. The first-order valence-electron chi connectivity index (χ1n) is 10.2. The lowest BCUT2D eigenvalue weighted by atomic mass is 10.1. The van der Waals surface area contributed by atoms with Crippen molar-refractivity contribution in [2.75, 3.05) is 12.0 Å². The van der Waals surface area contributed by atoms with E-state index in [1.54, 1.807) is 54.6 Å². The highest BCUT2D eigenvalue weighted by molar-refractivity contribution is 7.98. The summed E-state index contributed by atoms with van der Waals surface area (Å²) in [6.07, 6.45) is 3.55. The van der Waals surface area contributed by atoms with E-state index < -0.39 is 23.8 Å². The topological polar surface area (TPSA) is 108 Å². The normalized spacial score (nSPS) is 12.2. The lowest BCUT2D eigenvalue weighted by Crippen LogP contribution is -2.50. The molecule has 0 saturated heterocycles. The Morgan fingerprint density at radius 3 is 2.28 bits per heavy atom. The Balaban J connectivity index is 2.29. The van der Waals surface area contributed by atoms with Gasteiger partial charge in [0.25, 0.3) is 11.8 Å². The maximum absolute atomic E-state index is 12.9. The summed E-state index contributed by atoms with van der Waals surface area (Å²) in [4.78, 5) is 37.0. The van der Waals surface area contributed by atoms with Gasteiger partial charge in [0.05, 0.1) is 18.1 Å². The lowest BCUT2D eigenvalue weighted by molar-refractivity contribution is -0.308. The second-order valence-corrected chi connectivity index (χ2v) is 8.23. The number of ether oxygens (including phenoxy) is 1. The Bertz CT molecular complexity index is 943. The van der Waals surface area contributed by atoms with Gasteiger partial charge in [0.1, 0.15) is 11.4 Å². The summed E-state index contributed by atoms with van der Waals surface area (Å²) in [6.45, 7) is 3.83. The number of carboxylic acids is 1. The Labute approximate surface area is 192 Å². The van der Waals surface area contributed by atoms with Crippen molar-refractivity contribution in [1.82, 2.24) is 10.6 Å². The van der Waals surface area contributed by atoms with Gasteiger partial charge in [0.15, 0.2) is 0 Å². The van der Waals surface area contributed by atoms with Crippen LogP contribution in [0.5, 0.6) is 5.75 Å². The van der Waals surface area contributed by atoms with E-state index in [4.69, 9.17) is 4.74 Å². The van der Waals surface area contributed by atoms with Gasteiger partial charge in [-0.1, -0.05) is 30.3 Å². The van der Waals surface area contributed by atoms with Gasteiger partial charge in [-0.2, -0.15) is 11.8 Å². The van der Waals surface area contributed by atoms with Crippen molar-refractivity contribution < 1.29 is 24.2 Å². The summed E-state index contributed by atoms with van der Waals surface area (Å²) >= 11 is 1.46. The SMILES string of the molecule is CSCC[C@H](NC(=O)/C(=C\c1ccc(OC(C)C)cc1)NC(=O)c1ccccc1)C(=O)[O-]. The Hall–Kier alpha value is -3.26. The summed E-state index contributed by atoms with van der Waals surface area (Å²) in [7, 11) is 0. The number of aliphatic carboxylic acids is 1. The predicted molar refractivity (Wildman–Crippen MR) is 124 cm³/mol. The van der Waals surface area contributed by atoms with Crippen molar-refractivity contribution >= 4 is 35.6 Å². The zero-order valence-electron chi connectivity index (χ0n) is 18.3. The van der Waals surface area contributed by atoms with Gasteiger partial charge in [0.2, 0.25) is 0 Å². The molecule has 0 aliphatic heterocycles. The highest BCUT2D eigenvalue weighted by Gasteiger charge is 2.19. The molecule has 0 unspecified atom stereocenters. The molecule has 0 fully saturated rings. The molecule has 7 nitrogen and oxygen atoms in total. The van der Waals surface area contributed by atoms with Crippen LogP contribution in [0.15, 0.2) is 60.3 Å². The quantitative estimate of drug-likeness (QED) is 0.503. The second kappa shape index (κ2) is 12.6. The fraction of sp³-hybridized carbons (Fsp3) is 0.292. The molecule has 32 heavy (non-hydrogen) atoms. The van der Waals surface area contributed by atoms with Crippen molar-refractivity contribution in [2.24, 2.45) is 0 Å². The molecule has 2 rings (SSSR count). The summed E-state index contributed by atoms with van der Waals surface area (Å²) in [6, 6.07) is 14.2. The number of amides is 2. The van der Waals surface area contributed by atoms with Crippen LogP contribution in [-0.4, -0.2) is 41.9 Å². The molecule has 0 radical (unpaired) electrons. The standard InChI is InChI=1S/C24H28N2O5S/c1-16(2)31-19-11-9-17(10-12-19)15-21(26-22(27)18-7-5-4-6-8-18)23(28)25-20(24(29)30)13-14-32-3/h4-12,15-16,20H,13-14H2,1-3H3,(H,25,28)(H,26,27)(H,29,30)/p-1/b21-15+/t20-/m0/s1. The van der Waals surface area contributed by atoms with E-state index in [2.05, 4.69) is 10.6 Å². The van der Waals surface area contributed by atoms with Crippen LogP contribution < -0.4 is 20.5 Å². The van der Waals surface area contributed by atoms with Crippen LogP contribution in [-0.2, 0) is 9.59 Å². The number of hydrogen-bond donors (Lipinski definition) is 2. The first-order valence-corrected chi connectivity index (χ1v) is 11.5. The molecule has 0 aromatic heterocycles. The van der Waals surface area contributed by atoms with Gasteiger partial charge in [-0.3, -0.25) is 9.59 Å². The number of rotatable bonds is 11. The van der Waals surface area contributed by atoms with Gasteiger partial charge < -0.3 is 25.3 Å². The van der Waals surface area contributed by atoms with E-state index in [-0.39, 0.29) is 18.2 Å². The van der Waals surface area contributed by atoms with Crippen molar-refractivity contribution in [1.29, 1.82) is 0 Å². The van der Waals surface area contributed by atoms with Crippen LogP contribution in [0.1, 0.15) is 36.2 Å². The molecule has 0 aliphatic carbocycles. The number of carbonyl (C=O) groups is 3. The predicted octanol–water partition coefficient (Wildman–Crippen LogP) is 2.23. The monoisotopic (exact) mass is 455 g/mol. The van der Waals surface area contributed by atoms with Gasteiger partial charge >= 0.3 is 0 Å². The Kier molecular flexibility index (Phi) is 9.81. The molecule has 2 aromatic rings. The molecule has 0 bridgehead atoms. The van der Waals surface area contributed by atoms with Crippen LogP contribution in [0.4, 0.5) is 0 Å². The Morgan fingerprint density at radius 1 is 1.06 bits per heavy atom. The summed E-state index contributed by atoms with van der Waals surface area (Å²) in [5.41, 5.74) is 0.922. The third-order valence-electron chi connectivity index (χ3n) is 4.29. The van der Waals surface area contributed by atoms with Gasteiger partial charge in [0, 0.05) is 5.56 Å². The van der Waals surface area contributed by atoms with E-state index in [1.165, 1.54) is 17.8 Å². The molecule has 0 heterocycles. The first kappa shape index (κ1) is 25.0. The molecule has 0 spiro atoms. The van der Waals surface area contributed by atoms with E-state index in [0.717, 1.165) is 0 Å². The molecule has 1 atom stereocenters. The number of carboxylic acid groups (broad SMARTS) is 1. The van der Waals surface area contributed by atoms with Crippen LogP contribution in [0.3, 0.4) is 0 Å². The number of hydrogen-bond acceptors (Lipinski definition) is 6. The third-order valence-corrected chi connectivity index (χ3v) is 4.94. The Morgan fingerprint density at radius 2 is 1.72 bits per heavy atom. The van der Waals surface area contributed by atoms with Crippen molar-refractivity contribution in [3.05, 3.63) is 71.4 Å². The molecule has 8 heteroatoms. The van der Waals surface area contributed by atoms with E-state index in [0.29, 0.717) is 22.6 Å². The average Bonchev–Trinajstić information content (AvgIpc) is 2.77. The van der Waals surface area contributed by atoms with Gasteiger partial charge in [-0.15, -0.1) is 0 Å². The number of thioether (sulfide) groups is 1.